The Balaban J connectivity index is 1.89. The molecule has 0 atom stereocenters. The minimum Gasteiger partial charge on any atom is -0.506 e. The standard InChI is InChI=1S/C18H19ClN2O3S/c1-10-4-5-15(22)14(6-10)20-18(25)21-16(23)9-24-13-7-11(2)17(19)12(3)8-13/h4-8,22H,9H2,1-3H3,(H2,20,21,23,25). The number of aryl methyl sites for hydroxylation is 3. The van der Waals surface area contributed by atoms with Gasteiger partial charge in [-0.3, -0.25) is 10.1 Å². The Morgan fingerprint density at radius 3 is 2.48 bits per heavy atom. The van der Waals surface area contributed by atoms with E-state index < -0.39 is 5.91 Å². The average molecular weight is 379 g/mol. The van der Waals surface area contributed by atoms with Crippen molar-refractivity contribution in [2.24, 2.45) is 0 Å². The highest BCUT2D eigenvalue weighted by Crippen LogP contribution is 2.26. The van der Waals surface area contributed by atoms with Gasteiger partial charge in [-0.25, -0.2) is 0 Å². The normalized spacial score (nSPS) is 10.2. The number of hydrogen-bond acceptors (Lipinski definition) is 4. The van der Waals surface area contributed by atoms with Gasteiger partial charge in [0, 0.05) is 5.02 Å². The fourth-order valence-corrected chi connectivity index (χ4v) is 2.54. The lowest BCUT2D eigenvalue weighted by atomic mass is 10.1. The maximum atomic E-state index is 12.0. The number of thiocarbonyl (C=S) groups is 1. The van der Waals surface area contributed by atoms with Crippen LogP contribution in [-0.2, 0) is 4.79 Å². The largest absolute Gasteiger partial charge is 0.506 e. The number of hydrogen-bond donors (Lipinski definition) is 3. The van der Waals surface area contributed by atoms with Crippen LogP contribution in [0.3, 0.4) is 0 Å². The molecule has 132 valence electrons. The molecule has 0 aliphatic rings. The molecular weight excluding hydrogens is 360 g/mol. The van der Waals surface area contributed by atoms with Gasteiger partial charge in [-0.1, -0.05) is 17.7 Å². The van der Waals surface area contributed by atoms with Crippen molar-refractivity contribution in [3.05, 3.63) is 52.0 Å². The van der Waals surface area contributed by atoms with Crippen molar-refractivity contribution in [2.45, 2.75) is 20.8 Å². The van der Waals surface area contributed by atoms with Crippen LogP contribution in [0, 0.1) is 20.8 Å². The summed E-state index contributed by atoms with van der Waals surface area (Å²) in [6, 6.07) is 8.58. The molecule has 2 aromatic rings. The van der Waals surface area contributed by atoms with Gasteiger partial charge in [0.05, 0.1) is 5.69 Å². The first kappa shape index (κ1) is 19.0. The number of aromatic hydroxyl groups is 1. The second-order valence-corrected chi connectivity index (χ2v) is 6.47. The molecule has 0 aliphatic heterocycles. The molecule has 1 amide bonds. The van der Waals surface area contributed by atoms with E-state index in [9.17, 15) is 9.90 Å². The number of ether oxygens (including phenoxy) is 1. The third-order valence-electron chi connectivity index (χ3n) is 3.43. The fraction of sp³-hybridized carbons (Fsp3) is 0.222. The molecule has 0 unspecified atom stereocenters. The SMILES string of the molecule is Cc1ccc(O)c(NC(=S)NC(=O)COc2cc(C)c(Cl)c(C)c2)c1. The summed E-state index contributed by atoms with van der Waals surface area (Å²) in [5.74, 6) is 0.199. The predicted octanol–water partition coefficient (Wildman–Crippen LogP) is 3.86. The van der Waals surface area contributed by atoms with E-state index in [1.807, 2.05) is 20.8 Å². The molecule has 5 nitrogen and oxygen atoms in total. The average Bonchev–Trinajstić information content (AvgIpc) is 2.54. The highest BCUT2D eigenvalue weighted by Gasteiger charge is 2.09. The van der Waals surface area contributed by atoms with Crippen LogP contribution >= 0.6 is 23.8 Å². The quantitative estimate of drug-likeness (QED) is 0.556. The lowest BCUT2D eigenvalue weighted by molar-refractivity contribution is -0.121. The maximum absolute atomic E-state index is 12.0. The summed E-state index contributed by atoms with van der Waals surface area (Å²) < 4.78 is 5.47. The first-order valence-electron chi connectivity index (χ1n) is 7.56. The Morgan fingerprint density at radius 1 is 1.20 bits per heavy atom. The summed E-state index contributed by atoms with van der Waals surface area (Å²) in [5.41, 5.74) is 3.13. The molecule has 0 radical (unpaired) electrons. The molecule has 0 fully saturated rings. The van der Waals surface area contributed by atoms with Crippen LogP contribution in [0.1, 0.15) is 16.7 Å². The summed E-state index contributed by atoms with van der Waals surface area (Å²) in [6.07, 6.45) is 0. The summed E-state index contributed by atoms with van der Waals surface area (Å²) in [6.45, 7) is 5.43. The van der Waals surface area contributed by atoms with E-state index in [4.69, 9.17) is 28.6 Å². The summed E-state index contributed by atoms with van der Waals surface area (Å²) >= 11 is 11.2. The monoisotopic (exact) mass is 378 g/mol. The number of anilines is 1. The highest BCUT2D eigenvalue weighted by molar-refractivity contribution is 7.80. The molecule has 2 aromatic carbocycles. The van der Waals surface area contributed by atoms with E-state index in [-0.39, 0.29) is 17.5 Å². The van der Waals surface area contributed by atoms with Crippen molar-refractivity contribution >= 4 is 40.5 Å². The van der Waals surface area contributed by atoms with Crippen LogP contribution in [-0.4, -0.2) is 22.7 Å². The second kappa shape index (κ2) is 8.18. The molecule has 0 saturated carbocycles. The van der Waals surface area contributed by atoms with Gasteiger partial charge in [0.15, 0.2) is 11.7 Å². The third kappa shape index (κ3) is 5.34. The zero-order chi connectivity index (χ0) is 18.6. The van der Waals surface area contributed by atoms with Crippen LogP contribution in [0.2, 0.25) is 5.02 Å². The van der Waals surface area contributed by atoms with Gasteiger partial charge >= 0.3 is 0 Å². The van der Waals surface area contributed by atoms with Crippen molar-refractivity contribution in [3.63, 3.8) is 0 Å². The highest BCUT2D eigenvalue weighted by atomic mass is 35.5. The van der Waals surface area contributed by atoms with Crippen LogP contribution in [0.15, 0.2) is 30.3 Å². The second-order valence-electron chi connectivity index (χ2n) is 5.68. The van der Waals surface area contributed by atoms with Gasteiger partial charge < -0.3 is 15.2 Å². The lowest BCUT2D eigenvalue weighted by Crippen LogP contribution is -2.37. The number of phenolic OH excluding ortho intramolecular Hbond substituents is 1. The number of phenols is 1. The van der Waals surface area contributed by atoms with Gasteiger partial charge in [-0.05, 0) is 73.9 Å². The summed E-state index contributed by atoms with van der Waals surface area (Å²) in [5, 5.41) is 15.8. The zero-order valence-electron chi connectivity index (χ0n) is 14.1. The minimum absolute atomic E-state index is 0.0468. The van der Waals surface area contributed by atoms with E-state index in [0.717, 1.165) is 16.7 Å². The smallest absolute Gasteiger partial charge is 0.264 e. The summed E-state index contributed by atoms with van der Waals surface area (Å²) in [4.78, 5) is 12.0. The minimum atomic E-state index is -0.408. The Kier molecular flexibility index (Phi) is 6.22. The maximum Gasteiger partial charge on any atom is 0.264 e. The Hall–Kier alpha value is -2.31. The molecule has 0 heterocycles. The van der Waals surface area contributed by atoms with Crippen LogP contribution in [0.25, 0.3) is 0 Å². The Morgan fingerprint density at radius 2 is 1.84 bits per heavy atom. The van der Waals surface area contributed by atoms with E-state index in [0.29, 0.717) is 16.5 Å². The van der Waals surface area contributed by atoms with Gasteiger partial charge in [0.25, 0.3) is 5.91 Å². The topological polar surface area (TPSA) is 70.6 Å². The lowest BCUT2D eigenvalue weighted by Gasteiger charge is -2.13. The van der Waals surface area contributed by atoms with Gasteiger partial charge in [-0.2, -0.15) is 0 Å². The van der Waals surface area contributed by atoms with Gasteiger partial charge in [0.2, 0.25) is 0 Å². The van der Waals surface area contributed by atoms with E-state index >= 15 is 0 Å². The number of benzene rings is 2. The van der Waals surface area contributed by atoms with E-state index in [2.05, 4.69) is 10.6 Å². The van der Waals surface area contributed by atoms with Crippen molar-refractivity contribution in [3.8, 4) is 11.5 Å². The molecule has 0 saturated heterocycles. The van der Waals surface area contributed by atoms with Crippen LogP contribution in [0.5, 0.6) is 11.5 Å². The molecule has 0 bridgehead atoms. The Labute approximate surface area is 157 Å². The molecule has 3 N–H and O–H groups in total. The Bertz CT molecular complexity index is 801. The van der Waals surface area contributed by atoms with Gasteiger partial charge in [-0.15, -0.1) is 0 Å². The first-order valence-corrected chi connectivity index (χ1v) is 8.35. The van der Waals surface area contributed by atoms with E-state index in [1.54, 1.807) is 30.3 Å². The first-order chi connectivity index (χ1) is 11.8. The van der Waals surface area contributed by atoms with Crippen molar-refractivity contribution in [1.29, 1.82) is 0 Å². The van der Waals surface area contributed by atoms with Crippen molar-refractivity contribution < 1.29 is 14.6 Å². The molecule has 2 rings (SSSR count). The third-order valence-corrected chi connectivity index (χ3v) is 4.23. The molecule has 0 spiro atoms. The molecule has 0 aliphatic carbocycles. The van der Waals surface area contributed by atoms with Crippen molar-refractivity contribution in [1.82, 2.24) is 5.32 Å². The van der Waals surface area contributed by atoms with Crippen LogP contribution < -0.4 is 15.4 Å². The van der Waals surface area contributed by atoms with Gasteiger partial charge in [0.1, 0.15) is 11.5 Å². The van der Waals surface area contributed by atoms with Crippen LogP contribution in [0.4, 0.5) is 5.69 Å². The number of carbonyl (C=O) groups excluding carboxylic acids is 1. The van der Waals surface area contributed by atoms with Crippen molar-refractivity contribution in [2.75, 3.05) is 11.9 Å². The number of rotatable bonds is 4. The molecule has 7 heteroatoms. The predicted molar refractivity (Wildman–Crippen MR) is 104 cm³/mol. The molecular formula is C18H19ClN2O3S. The van der Waals surface area contributed by atoms with E-state index in [1.165, 1.54) is 0 Å². The number of nitrogens with one attached hydrogen (secondary N) is 2. The molecule has 0 aromatic heterocycles. The number of halogens is 1. The fourth-order valence-electron chi connectivity index (χ4n) is 2.20. The summed E-state index contributed by atoms with van der Waals surface area (Å²) in [7, 11) is 0. The zero-order valence-corrected chi connectivity index (χ0v) is 15.7. The number of carbonyl (C=O) groups is 1. The molecule has 25 heavy (non-hydrogen) atoms. The number of amides is 1.